The third-order valence-electron chi connectivity index (χ3n) is 3.31. The summed E-state index contributed by atoms with van der Waals surface area (Å²) in [5.74, 6) is 0.584. The van der Waals surface area contributed by atoms with E-state index in [2.05, 4.69) is 5.32 Å². The summed E-state index contributed by atoms with van der Waals surface area (Å²) in [6.45, 7) is 2.00. The Balaban J connectivity index is 2.24. The number of nitrogens with one attached hydrogen (secondary N) is 1. The molecule has 128 valence electrons. The Morgan fingerprint density at radius 3 is 2.58 bits per heavy atom. The first-order valence-corrected chi connectivity index (χ1v) is 9.47. The van der Waals surface area contributed by atoms with Gasteiger partial charge in [0.15, 0.2) is 0 Å². The Morgan fingerprint density at radius 2 is 1.96 bits per heavy atom. The lowest BCUT2D eigenvalue weighted by Gasteiger charge is -2.07. The number of ether oxygens (including phenoxy) is 1. The fourth-order valence-electron chi connectivity index (χ4n) is 2.19. The molecule has 1 amide bonds. The molecular formula is C17H20N2O3S2. The summed E-state index contributed by atoms with van der Waals surface area (Å²) in [7, 11) is 1.56. The van der Waals surface area contributed by atoms with E-state index in [1.165, 1.54) is 5.56 Å². The van der Waals surface area contributed by atoms with Gasteiger partial charge < -0.3 is 15.8 Å². The zero-order valence-corrected chi connectivity index (χ0v) is 15.3. The van der Waals surface area contributed by atoms with Crippen LogP contribution in [0.3, 0.4) is 0 Å². The molecule has 2 rings (SSSR count). The van der Waals surface area contributed by atoms with E-state index in [9.17, 15) is 9.59 Å². The lowest BCUT2D eigenvalue weighted by molar-refractivity contribution is 0.0527. The molecule has 0 fully saturated rings. The van der Waals surface area contributed by atoms with Gasteiger partial charge in [-0.15, -0.1) is 11.3 Å². The molecule has 7 heteroatoms. The zero-order valence-electron chi connectivity index (χ0n) is 13.6. The summed E-state index contributed by atoms with van der Waals surface area (Å²) in [6, 6.07) is 10.0. The number of hydrogen-bond donors (Lipinski definition) is 2. The van der Waals surface area contributed by atoms with E-state index in [-0.39, 0.29) is 12.5 Å². The average Bonchev–Trinajstić information content (AvgIpc) is 2.92. The van der Waals surface area contributed by atoms with Crippen LogP contribution >= 0.6 is 23.1 Å². The highest BCUT2D eigenvalue weighted by Crippen LogP contribution is 2.35. The van der Waals surface area contributed by atoms with Crippen LogP contribution in [-0.2, 0) is 16.2 Å². The number of benzene rings is 1. The number of amides is 1. The maximum absolute atomic E-state index is 12.2. The van der Waals surface area contributed by atoms with E-state index >= 15 is 0 Å². The first-order chi connectivity index (χ1) is 11.6. The van der Waals surface area contributed by atoms with Crippen molar-refractivity contribution in [1.82, 2.24) is 5.32 Å². The van der Waals surface area contributed by atoms with Gasteiger partial charge in [0.2, 0.25) is 0 Å². The number of carbonyl (C=O) groups is 2. The first kappa shape index (κ1) is 18.4. The molecule has 1 aromatic carbocycles. The van der Waals surface area contributed by atoms with Crippen LogP contribution in [0.25, 0.3) is 0 Å². The number of rotatable bonds is 7. The molecule has 0 saturated carbocycles. The minimum absolute atomic E-state index is 0.238. The lowest BCUT2D eigenvalue weighted by atomic mass is 10.1. The quantitative estimate of drug-likeness (QED) is 0.737. The molecule has 0 atom stereocenters. The molecule has 0 aliphatic rings. The van der Waals surface area contributed by atoms with E-state index in [4.69, 9.17) is 10.5 Å². The summed E-state index contributed by atoms with van der Waals surface area (Å²) in [4.78, 5) is 24.8. The van der Waals surface area contributed by atoms with Gasteiger partial charge in [-0.05, 0) is 12.5 Å². The van der Waals surface area contributed by atoms with Crippen molar-refractivity contribution in [2.75, 3.05) is 19.4 Å². The summed E-state index contributed by atoms with van der Waals surface area (Å²) in [6.07, 6.45) is 0. The molecule has 1 aromatic heterocycles. The standard InChI is InChI=1S/C17H20N2O3S2/c1-3-22-17(21)13-12(14(16(20)19-2)24-15(13)18)10-23-9-11-7-5-4-6-8-11/h4-8H,3,9-10,18H2,1-2H3,(H,19,20). The summed E-state index contributed by atoms with van der Waals surface area (Å²) in [5, 5.41) is 2.92. The minimum Gasteiger partial charge on any atom is -0.462 e. The Morgan fingerprint density at radius 1 is 1.25 bits per heavy atom. The maximum atomic E-state index is 12.2. The van der Waals surface area contributed by atoms with Crippen molar-refractivity contribution in [3.05, 3.63) is 51.9 Å². The molecule has 0 saturated heterocycles. The zero-order chi connectivity index (χ0) is 17.5. The van der Waals surface area contributed by atoms with E-state index in [0.717, 1.165) is 17.1 Å². The SMILES string of the molecule is CCOC(=O)c1c(N)sc(C(=O)NC)c1CSCc1ccccc1. The largest absolute Gasteiger partial charge is 0.462 e. The number of thiophene rings is 1. The van der Waals surface area contributed by atoms with Gasteiger partial charge in [-0.3, -0.25) is 4.79 Å². The van der Waals surface area contributed by atoms with Crippen molar-refractivity contribution in [2.24, 2.45) is 0 Å². The van der Waals surface area contributed by atoms with Gasteiger partial charge in [-0.1, -0.05) is 30.3 Å². The minimum atomic E-state index is -0.475. The van der Waals surface area contributed by atoms with Gasteiger partial charge >= 0.3 is 5.97 Å². The van der Waals surface area contributed by atoms with Crippen LogP contribution in [0.1, 0.15) is 38.1 Å². The highest BCUT2D eigenvalue weighted by molar-refractivity contribution is 7.97. The van der Waals surface area contributed by atoms with E-state index in [1.54, 1.807) is 25.7 Å². The second kappa shape index (κ2) is 8.75. The molecule has 0 bridgehead atoms. The predicted molar refractivity (Wildman–Crippen MR) is 99.5 cm³/mol. The molecule has 24 heavy (non-hydrogen) atoms. The van der Waals surface area contributed by atoms with Crippen molar-refractivity contribution in [3.63, 3.8) is 0 Å². The van der Waals surface area contributed by atoms with Crippen LogP contribution in [0, 0.1) is 0 Å². The van der Waals surface area contributed by atoms with Gasteiger partial charge in [0.25, 0.3) is 5.91 Å². The second-order valence-electron chi connectivity index (χ2n) is 4.93. The summed E-state index contributed by atoms with van der Waals surface area (Å²) < 4.78 is 5.09. The van der Waals surface area contributed by atoms with Crippen molar-refractivity contribution in [1.29, 1.82) is 0 Å². The average molecular weight is 364 g/mol. The van der Waals surface area contributed by atoms with Crippen LogP contribution in [0.4, 0.5) is 5.00 Å². The smallest absolute Gasteiger partial charge is 0.341 e. The van der Waals surface area contributed by atoms with Crippen molar-refractivity contribution in [3.8, 4) is 0 Å². The van der Waals surface area contributed by atoms with E-state index in [1.807, 2.05) is 30.3 Å². The molecular weight excluding hydrogens is 344 g/mol. The fraction of sp³-hybridized carbons (Fsp3) is 0.294. The Bertz CT molecular complexity index is 714. The Kier molecular flexibility index (Phi) is 6.69. The van der Waals surface area contributed by atoms with Gasteiger partial charge in [0.05, 0.1) is 17.0 Å². The van der Waals surface area contributed by atoms with Crippen LogP contribution in [-0.4, -0.2) is 25.5 Å². The molecule has 0 aliphatic carbocycles. The molecule has 2 aromatic rings. The van der Waals surface area contributed by atoms with Crippen LogP contribution < -0.4 is 11.1 Å². The van der Waals surface area contributed by atoms with Crippen LogP contribution in [0.5, 0.6) is 0 Å². The van der Waals surface area contributed by atoms with Crippen LogP contribution in [0.15, 0.2) is 30.3 Å². The molecule has 1 heterocycles. The van der Waals surface area contributed by atoms with Crippen LogP contribution in [0.2, 0.25) is 0 Å². The topological polar surface area (TPSA) is 81.4 Å². The highest BCUT2D eigenvalue weighted by Gasteiger charge is 2.26. The number of thioether (sulfide) groups is 1. The Hall–Kier alpha value is -1.99. The van der Waals surface area contributed by atoms with Crippen molar-refractivity contribution >= 4 is 40.0 Å². The third kappa shape index (κ3) is 4.30. The first-order valence-electron chi connectivity index (χ1n) is 7.50. The van der Waals surface area contributed by atoms with Gasteiger partial charge in [-0.25, -0.2) is 4.79 Å². The molecule has 0 unspecified atom stereocenters. The molecule has 0 spiro atoms. The molecule has 0 radical (unpaired) electrons. The third-order valence-corrected chi connectivity index (χ3v) is 5.40. The van der Waals surface area contributed by atoms with Gasteiger partial charge in [-0.2, -0.15) is 11.8 Å². The fourth-order valence-corrected chi connectivity index (χ4v) is 4.33. The van der Waals surface area contributed by atoms with Gasteiger partial charge in [0, 0.05) is 24.1 Å². The molecule has 0 aliphatic heterocycles. The van der Waals surface area contributed by atoms with Crippen molar-refractivity contribution < 1.29 is 14.3 Å². The predicted octanol–water partition coefficient (Wildman–Crippen LogP) is 3.30. The summed E-state index contributed by atoms with van der Waals surface area (Å²) in [5.41, 5.74) is 8.13. The number of hydrogen-bond acceptors (Lipinski definition) is 6. The van der Waals surface area contributed by atoms with Gasteiger partial charge in [0.1, 0.15) is 5.00 Å². The normalized spacial score (nSPS) is 10.4. The van der Waals surface area contributed by atoms with E-state index < -0.39 is 5.97 Å². The number of anilines is 1. The number of nitrogen functional groups attached to an aromatic ring is 1. The monoisotopic (exact) mass is 364 g/mol. The molecule has 3 N–H and O–H groups in total. The van der Waals surface area contributed by atoms with E-state index in [0.29, 0.717) is 26.8 Å². The maximum Gasteiger partial charge on any atom is 0.341 e. The number of carbonyl (C=O) groups excluding carboxylic acids is 2. The Labute approximate surface area is 149 Å². The highest BCUT2D eigenvalue weighted by atomic mass is 32.2. The summed E-state index contributed by atoms with van der Waals surface area (Å²) >= 11 is 2.75. The second-order valence-corrected chi connectivity index (χ2v) is 6.96. The molecule has 5 nitrogen and oxygen atoms in total. The number of esters is 1. The lowest BCUT2D eigenvalue weighted by Crippen LogP contribution is -2.18. The number of nitrogens with two attached hydrogens (primary N) is 1. The van der Waals surface area contributed by atoms with Crippen molar-refractivity contribution in [2.45, 2.75) is 18.4 Å².